The molecule has 1 aromatic heterocycles. The summed E-state index contributed by atoms with van der Waals surface area (Å²) in [6.07, 6.45) is 4.06. The van der Waals surface area contributed by atoms with Crippen LogP contribution < -0.4 is 5.73 Å². The number of benzene rings is 1. The largest absolute Gasteiger partial charge is 0.320 e. The third-order valence-electron chi connectivity index (χ3n) is 3.79. The summed E-state index contributed by atoms with van der Waals surface area (Å²) in [5.74, 6) is 0.778. The first-order valence-corrected chi connectivity index (χ1v) is 8.29. The highest BCUT2D eigenvalue weighted by molar-refractivity contribution is 14.1. The fraction of sp³-hybridized carbons (Fsp3) is 0.333. The van der Waals surface area contributed by atoms with E-state index in [0.717, 1.165) is 5.92 Å². The van der Waals surface area contributed by atoms with Gasteiger partial charge in [-0.15, -0.1) is 11.3 Å². The average Bonchev–Trinajstić information content (AvgIpc) is 2.73. The molecule has 1 nitrogen and oxygen atoms in total. The average molecular weight is 369 g/mol. The van der Waals surface area contributed by atoms with Gasteiger partial charge in [0.05, 0.1) is 8.93 Å². The Kier molecular flexibility index (Phi) is 3.73. The minimum atomic E-state index is 0.0183. The first kappa shape index (κ1) is 12.6. The summed E-state index contributed by atoms with van der Waals surface area (Å²) >= 11 is 4.11. The van der Waals surface area contributed by atoms with Crippen molar-refractivity contribution in [1.82, 2.24) is 0 Å². The Morgan fingerprint density at radius 3 is 2.67 bits per heavy atom. The van der Waals surface area contributed by atoms with Gasteiger partial charge in [-0.1, -0.05) is 30.7 Å². The third kappa shape index (κ3) is 2.49. The topological polar surface area (TPSA) is 26.0 Å². The number of halogens is 1. The van der Waals surface area contributed by atoms with E-state index in [0.29, 0.717) is 0 Å². The molecule has 1 atom stereocenters. The molecular formula is C15H16INS. The predicted octanol–water partition coefficient (Wildman–Crippen LogP) is 4.67. The van der Waals surface area contributed by atoms with Crippen molar-refractivity contribution in [1.29, 1.82) is 0 Å². The van der Waals surface area contributed by atoms with Crippen molar-refractivity contribution in [3.05, 3.63) is 55.3 Å². The Labute approximate surface area is 126 Å². The number of nitrogens with two attached hydrogens (primary N) is 1. The summed E-state index contributed by atoms with van der Waals surface area (Å²) < 4.78 is 1.30. The van der Waals surface area contributed by atoms with Gasteiger partial charge in [0.2, 0.25) is 0 Å². The lowest BCUT2D eigenvalue weighted by Crippen LogP contribution is -2.13. The van der Waals surface area contributed by atoms with Crippen LogP contribution in [0.15, 0.2) is 35.7 Å². The van der Waals surface area contributed by atoms with Gasteiger partial charge in [-0.05, 0) is 69.5 Å². The van der Waals surface area contributed by atoms with Crippen LogP contribution in [0, 0.1) is 2.88 Å². The first-order valence-electron chi connectivity index (χ1n) is 6.33. The van der Waals surface area contributed by atoms with Crippen molar-refractivity contribution < 1.29 is 0 Å². The van der Waals surface area contributed by atoms with Gasteiger partial charge >= 0.3 is 0 Å². The monoisotopic (exact) mass is 369 g/mol. The molecule has 1 aromatic carbocycles. The van der Waals surface area contributed by atoms with Gasteiger partial charge in [0.15, 0.2) is 0 Å². The molecule has 1 unspecified atom stereocenters. The first-order chi connectivity index (χ1) is 8.74. The lowest BCUT2D eigenvalue weighted by atomic mass is 9.79. The summed E-state index contributed by atoms with van der Waals surface area (Å²) in [5.41, 5.74) is 10.3. The third-order valence-corrected chi connectivity index (χ3v) is 5.60. The molecule has 0 spiro atoms. The fourth-order valence-corrected chi connectivity index (χ4v) is 3.84. The van der Waals surface area contributed by atoms with E-state index in [9.17, 15) is 0 Å². The van der Waals surface area contributed by atoms with Gasteiger partial charge in [-0.25, -0.2) is 0 Å². The SMILES string of the molecule is NC(c1cccc(C2CCC2)c1)c1csc(I)c1. The molecule has 0 radical (unpaired) electrons. The van der Waals surface area contributed by atoms with Crippen molar-refractivity contribution in [2.75, 3.05) is 0 Å². The molecule has 1 fully saturated rings. The summed E-state index contributed by atoms with van der Waals surface area (Å²) in [5, 5.41) is 2.17. The molecule has 3 heteroatoms. The molecule has 1 saturated carbocycles. The number of hydrogen-bond acceptors (Lipinski definition) is 2. The Morgan fingerprint density at radius 2 is 2.06 bits per heavy atom. The standard InChI is InChI=1S/C15H16INS/c16-14-8-13(9-18-14)15(17)12-6-2-5-11(7-12)10-3-1-4-10/h2,5-10,15H,1,3-4,17H2. The molecule has 18 heavy (non-hydrogen) atoms. The Morgan fingerprint density at radius 1 is 1.22 bits per heavy atom. The fourth-order valence-electron chi connectivity index (χ4n) is 2.43. The molecule has 2 N–H and O–H groups in total. The molecule has 0 saturated heterocycles. The predicted molar refractivity (Wildman–Crippen MR) is 86.1 cm³/mol. The van der Waals surface area contributed by atoms with E-state index in [4.69, 9.17) is 5.73 Å². The lowest BCUT2D eigenvalue weighted by Gasteiger charge is -2.26. The number of rotatable bonds is 3. The molecule has 0 amide bonds. The van der Waals surface area contributed by atoms with Crippen molar-refractivity contribution in [3.63, 3.8) is 0 Å². The van der Waals surface area contributed by atoms with Crippen LogP contribution in [0.3, 0.4) is 0 Å². The summed E-state index contributed by atoms with van der Waals surface area (Å²) in [6.45, 7) is 0. The molecule has 1 aliphatic carbocycles. The summed E-state index contributed by atoms with van der Waals surface area (Å²) in [6, 6.07) is 11.1. The molecule has 1 heterocycles. The highest BCUT2D eigenvalue weighted by atomic mass is 127. The van der Waals surface area contributed by atoms with Gasteiger partial charge in [-0.2, -0.15) is 0 Å². The van der Waals surface area contributed by atoms with E-state index in [-0.39, 0.29) is 6.04 Å². The number of hydrogen-bond donors (Lipinski definition) is 1. The van der Waals surface area contributed by atoms with Gasteiger partial charge in [0.25, 0.3) is 0 Å². The second-order valence-corrected chi connectivity index (χ2v) is 7.77. The van der Waals surface area contributed by atoms with Crippen molar-refractivity contribution in [2.45, 2.75) is 31.2 Å². The van der Waals surface area contributed by atoms with Crippen LogP contribution in [-0.4, -0.2) is 0 Å². The van der Waals surface area contributed by atoms with E-state index in [2.05, 4.69) is 58.3 Å². The highest BCUT2D eigenvalue weighted by Crippen LogP contribution is 2.37. The van der Waals surface area contributed by atoms with Gasteiger partial charge in [-0.3, -0.25) is 0 Å². The van der Waals surface area contributed by atoms with Crippen LogP contribution in [-0.2, 0) is 0 Å². The Hall–Kier alpha value is -0.390. The quantitative estimate of drug-likeness (QED) is 0.782. The van der Waals surface area contributed by atoms with Crippen LogP contribution >= 0.6 is 33.9 Å². The maximum atomic E-state index is 6.36. The number of thiophene rings is 1. The molecule has 1 aliphatic rings. The van der Waals surface area contributed by atoms with E-state index in [1.165, 1.54) is 38.8 Å². The van der Waals surface area contributed by atoms with Gasteiger partial charge in [0, 0.05) is 0 Å². The molecule has 2 aromatic rings. The zero-order valence-electron chi connectivity index (χ0n) is 10.1. The van der Waals surface area contributed by atoms with Crippen molar-refractivity contribution in [3.8, 4) is 0 Å². The van der Waals surface area contributed by atoms with Crippen LogP contribution in [0.5, 0.6) is 0 Å². The molecular weight excluding hydrogens is 353 g/mol. The smallest absolute Gasteiger partial charge is 0.0656 e. The van der Waals surface area contributed by atoms with Crippen molar-refractivity contribution >= 4 is 33.9 Å². The van der Waals surface area contributed by atoms with E-state index < -0.39 is 0 Å². The lowest BCUT2D eigenvalue weighted by molar-refractivity contribution is 0.419. The van der Waals surface area contributed by atoms with Gasteiger partial charge < -0.3 is 5.73 Å². The highest BCUT2D eigenvalue weighted by Gasteiger charge is 2.20. The summed E-state index contributed by atoms with van der Waals surface area (Å²) in [4.78, 5) is 0. The molecule has 0 aliphatic heterocycles. The van der Waals surface area contributed by atoms with Crippen LogP contribution in [0.25, 0.3) is 0 Å². The zero-order valence-corrected chi connectivity index (χ0v) is 13.1. The Bertz CT molecular complexity index is 545. The maximum Gasteiger partial charge on any atom is 0.0656 e. The van der Waals surface area contributed by atoms with Crippen molar-refractivity contribution in [2.24, 2.45) is 5.73 Å². The van der Waals surface area contributed by atoms with E-state index in [1.54, 1.807) is 11.3 Å². The van der Waals surface area contributed by atoms with E-state index in [1.807, 2.05) is 0 Å². The van der Waals surface area contributed by atoms with Crippen LogP contribution in [0.1, 0.15) is 47.9 Å². The minimum Gasteiger partial charge on any atom is -0.320 e. The molecule has 3 rings (SSSR count). The Balaban J connectivity index is 1.86. The maximum absolute atomic E-state index is 6.36. The van der Waals surface area contributed by atoms with E-state index >= 15 is 0 Å². The van der Waals surface area contributed by atoms with Crippen LogP contribution in [0.4, 0.5) is 0 Å². The molecule has 94 valence electrons. The summed E-state index contributed by atoms with van der Waals surface area (Å²) in [7, 11) is 0. The normalized spacial score (nSPS) is 17.4. The second kappa shape index (κ2) is 5.31. The van der Waals surface area contributed by atoms with Gasteiger partial charge in [0.1, 0.15) is 0 Å². The molecule has 0 bridgehead atoms. The zero-order chi connectivity index (χ0) is 12.5. The second-order valence-electron chi connectivity index (χ2n) is 4.96. The van der Waals surface area contributed by atoms with Crippen LogP contribution in [0.2, 0.25) is 0 Å². The minimum absolute atomic E-state index is 0.0183.